The molecular weight excluding hydrogens is 146 g/mol. The predicted molar refractivity (Wildman–Crippen MR) is 45.3 cm³/mol. The van der Waals surface area contributed by atoms with Crippen LogP contribution >= 0.6 is 12.2 Å². The molecular formula is C7H13NOS. The molecule has 58 valence electrons. The van der Waals surface area contributed by atoms with Gasteiger partial charge in [-0.1, -0.05) is 0 Å². The van der Waals surface area contributed by atoms with E-state index in [9.17, 15) is 0 Å². The second-order valence-corrected chi connectivity index (χ2v) is 2.90. The Labute approximate surface area is 67.2 Å². The molecule has 1 unspecified atom stereocenters. The molecule has 0 N–H and O–H groups in total. The van der Waals surface area contributed by atoms with Crippen molar-refractivity contribution in [3.05, 3.63) is 0 Å². The fraction of sp³-hybridized carbons (Fsp3) is 0.857. The molecule has 0 aliphatic carbocycles. The van der Waals surface area contributed by atoms with E-state index in [4.69, 9.17) is 4.74 Å². The molecule has 1 atom stereocenters. The van der Waals surface area contributed by atoms with Gasteiger partial charge in [0.25, 0.3) is 0 Å². The Balaban J connectivity index is 2.19. The van der Waals surface area contributed by atoms with Gasteiger partial charge in [0.15, 0.2) is 0 Å². The minimum atomic E-state index is 0.596. The molecule has 3 heteroatoms. The monoisotopic (exact) mass is 159 g/mol. The van der Waals surface area contributed by atoms with Crippen LogP contribution in [0, 0.1) is 0 Å². The van der Waals surface area contributed by atoms with E-state index in [2.05, 4.69) is 24.2 Å². The summed E-state index contributed by atoms with van der Waals surface area (Å²) in [7, 11) is 2.13. The Kier molecular flexibility index (Phi) is 3.09. The Hall–Kier alpha value is -0.150. The summed E-state index contributed by atoms with van der Waals surface area (Å²) in [5.74, 6) is 0. The van der Waals surface area contributed by atoms with Gasteiger partial charge in [0, 0.05) is 6.04 Å². The van der Waals surface area contributed by atoms with Gasteiger partial charge in [-0.15, -0.1) is 0 Å². The van der Waals surface area contributed by atoms with E-state index in [1.165, 1.54) is 24.9 Å². The van der Waals surface area contributed by atoms with Crippen LogP contribution in [0.4, 0.5) is 0 Å². The van der Waals surface area contributed by atoms with E-state index in [0.717, 1.165) is 6.61 Å². The number of thiocarbonyl (C=S) groups is 1. The van der Waals surface area contributed by atoms with Crippen LogP contribution in [0.15, 0.2) is 0 Å². The zero-order valence-corrected chi connectivity index (χ0v) is 7.06. The molecule has 1 fully saturated rings. The fourth-order valence-electron chi connectivity index (χ4n) is 1.34. The van der Waals surface area contributed by atoms with Crippen molar-refractivity contribution in [1.29, 1.82) is 0 Å². The molecule has 10 heavy (non-hydrogen) atoms. The summed E-state index contributed by atoms with van der Waals surface area (Å²) in [6.45, 7) is 1.96. The summed E-state index contributed by atoms with van der Waals surface area (Å²) in [5, 5.41) is 0. The van der Waals surface area contributed by atoms with Gasteiger partial charge < -0.3 is 9.64 Å². The van der Waals surface area contributed by atoms with E-state index >= 15 is 0 Å². The summed E-state index contributed by atoms with van der Waals surface area (Å²) in [4.78, 5) is 2.32. The van der Waals surface area contributed by atoms with E-state index in [1.807, 2.05) is 0 Å². The third-order valence-corrected chi connectivity index (χ3v) is 2.16. The summed E-state index contributed by atoms with van der Waals surface area (Å²) in [6, 6.07) is 0.596. The van der Waals surface area contributed by atoms with Crippen molar-refractivity contribution < 1.29 is 4.74 Å². The highest BCUT2D eigenvalue weighted by molar-refractivity contribution is 7.78. The highest BCUT2D eigenvalue weighted by atomic mass is 32.1. The molecule has 1 rings (SSSR count). The maximum atomic E-state index is 5.04. The summed E-state index contributed by atoms with van der Waals surface area (Å²) >= 11 is 4.56. The van der Waals surface area contributed by atoms with E-state index in [-0.39, 0.29) is 0 Å². The number of nitrogens with zero attached hydrogens (tertiary/aromatic N) is 1. The Morgan fingerprint density at radius 1 is 1.80 bits per heavy atom. The Bertz CT molecular complexity index is 118. The highest BCUT2D eigenvalue weighted by Crippen LogP contribution is 2.14. The molecule has 0 aromatic heterocycles. The van der Waals surface area contributed by atoms with E-state index in [0.29, 0.717) is 6.04 Å². The molecule has 0 spiro atoms. The summed E-state index contributed by atoms with van der Waals surface area (Å²) in [5.41, 5.74) is 1.35. The molecule has 0 saturated carbocycles. The van der Waals surface area contributed by atoms with Crippen LogP contribution in [-0.2, 0) is 4.74 Å². The van der Waals surface area contributed by atoms with Crippen LogP contribution in [0.25, 0.3) is 0 Å². The zero-order valence-electron chi connectivity index (χ0n) is 6.25. The largest absolute Gasteiger partial charge is 0.488 e. The molecule has 1 saturated heterocycles. The minimum Gasteiger partial charge on any atom is -0.488 e. The molecule has 1 heterocycles. The van der Waals surface area contributed by atoms with Crippen LogP contribution in [0.2, 0.25) is 0 Å². The second-order valence-electron chi connectivity index (χ2n) is 2.71. The molecule has 0 radical (unpaired) electrons. The maximum Gasteiger partial charge on any atom is 0.146 e. The van der Waals surface area contributed by atoms with Crippen LogP contribution < -0.4 is 0 Å². The number of likely N-dealkylation sites (tertiary alicyclic amines) is 1. The zero-order chi connectivity index (χ0) is 7.40. The standard InChI is InChI=1S/C7H13NOS/c1-8-4-2-3-7(8)5-9-6-10/h6-7H,2-5H2,1H3. The lowest BCUT2D eigenvalue weighted by Gasteiger charge is -2.17. The van der Waals surface area contributed by atoms with Crippen LogP contribution in [0.3, 0.4) is 0 Å². The molecule has 0 amide bonds. The second kappa shape index (κ2) is 3.88. The number of ether oxygens (including phenoxy) is 1. The molecule has 1 aliphatic rings. The molecule has 0 bridgehead atoms. The normalized spacial score (nSPS) is 26.7. The van der Waals surface area contributed by atoms with Gasteiger partial charge in [0.2, 0.25) is 0 Å². The van der Waals surface area contributed by atoms with Gasteiger partial charge in [0.1, 0.15) is 12.2 Å². The third-order valence-electron chi connectivity index (χ3n) is 2.03. The van der Waals surface area contributed by atoms with Crippen LogP contribution in [0.5, 0.6) is 0 Å². The number of likely N-dealkylation sites (N-methyl/N-ethyl adjacent to an activating group) is 1. The van der Waals surface area contributed by atoms with Crippen molar-refractivity contribution in [2.45, 2.75) is 18.9 Å². The number of hydrogen-bond acceptors (Lipinski definition) is 3. The van der Waals surface area contributed by atoms with Crippen molar-refractivity contribution >= 4 is 17.8 Å². The Morgan fingerprint density at radius 3 is 3.10 bits per heavy atom. The maximum absolute atomic E-state index is 5.04. The quantitative estimate of drug-likeness (QED) is 0.571. The topological polar surface area (TPSA) is 12.5 Å². The lowest BCUT2D eigenvalue weighted by atomic mass is 10.2. The van der Waals surface area contributed by atoms with Crippen molar-refractivity contribution in [2.24, 2.45) is 0 Å². The van der Waals surface area contributed by atoms with E-state index in [1.54, 1.807) is 0 Å². The van der Waals surface area contributed by atoms with Gasteiger partial charge in [-0.05, 0) is 38.7 Å². The third kappa shape index (κ3) is 1.92. The van der Waals surface area contributed by atoms with Gasteiger partial charge in [-0.25, -0.2) is 0 Å². The summed E-state index contributed by atoms with van der Waals surface area (Å²) in [6.07, 6.45) is 2.54. The minimum absolute atomic E-state index is 0.596. The lowest BCUT2D eigenvalue weighted by molar-refractivity contribution is 0.200. The highest BCUT2D eigenvalue weighted by Gasteiger charge is 2.20. The van der Waals surface area contributed by atoms with Gasteiger partial charge in [0.05, 0.1) is 0 Å². The number of rotatable bonds is 3. The molecule has 1 aliphatic heterocycles. The van der Waals surface area contributed by atoms with Crippen molar-refractivity contribution in [3.63, 3.8) is 0 Å². The Morgan fingerprint density at radius 2 is 2.60 bits per heavy atom. The van der Waals surface area contributed by atoms with Crippen molar-refractivity contribution in [2.75, 3.05) is 20.2 Å². The van der Waals surface area contributed by atoms with Crippen LogP contribution in [0.1, 0.15) is 12.8 Å². The first-order valence-electron chi connectivity index (χ1n) is 3.60. The van der Waals surface area contributed by atoms with Gasteiger partial charge >= 0.3 is 0 Å². The molecule has 2 nitrogen and oxygen atoms in total. The smallest absolute Gasteiger partial charge is 0.146 e. The predicted octanol–water partition coefficient (Wildman–Crippen LogP) is 1.05. The first kappa shape index (κ1) is 7.95. The molecule has 0 aromatic carbocycles. The first-order chi connectivity index (χ1) is 4.84. The van der Waals surface area contributed by atoms with Crippen molar-refractivity contribution in [1.82, 2.24) is 4.90 Å². The van der Waals surface area contributed by atoms with Gasteiger partial charge in [-0.2, -0.15) is 0 Å². The van der Waals surface area contributed by atoms with Gasteiger partial charge in [-0.3, -0.25) is 0 Å². The first-order valence-corrected chi connectivity index (χ1v) is 4.07. The van der Waals surface area contributed by atoms with Crippen LogP contribution in [-0.4, -0.2) is 36.7 Å². The average molecular weight is 159 g/mol. The molecule has 0 aromatic rings. The fourth-order valence-corrected chi connectivity index (χ4v) is 1.42. The lowest BCUT2D eigenvalue weighted by Crippen LogP contribution is -2.29. The average Bonchev–Trinajstić information content (AvgIpc) is 2.31. The van der Waals surface area contributed by atoms with E-state index < -0.39 is 0 Å². The summed E-state index contributed by atoms with van der Waals surface area (Å²) < 4.78 is 5.04. The number of hydrogen-bond donors (Lipinski definition) is 0. The SMILES string of the molecule is CN1CCCC1COC=S. The van der Waals surface area contributed by atoms with Crippen molar-refractivity contribution in [3.8, 4) is 0 Å².